The van der Waals surface area contributed by atoms with Crippen molar-refractivity contribution in [1.29, 1.82) is 0 Å². The molecule has 1 saturated carbocycles. The molecule has 0 aliphatic heterocycles. The van der Waals surface area contributed by atoms with Crippen molar-refractivity contribution >= 4 is 23.3 Å². The van der Waals surface area contributed by atoms with E-state index in [1.54, 1.807) is 0 Å². The van der Waals surface area contributed by atoms with Gasteiger partial charge in [-0.25, -0.2) is 4.79 Å². The monoisotopic (exact) mass is 637 g/mol. The van der Waals surface area contributed by atoms with Crippen LogP contribution in [0.15, 0.2) is 73.2 Å². The van der Waals surface area contributed by atoms with Crippen molar-refractivity contribution in [2.45, 2.75) is 88.5 Å². The Morgan fingerprint density at radius 1 is 1.13 bits per heavy atom. The van der Waals surface area contributed by atoms with Crippen LogP contribution in [-0.4, -0.2) is 33.2 Å². The maximum Gasteiger partial charge on any atom is 0.329 e. The molecule has 2 aromatic carbocycles. The summed E-state index contributed by atoms with van der Waals surface area (Å²) in [5.41, 5.74) is 7.32. The van der Waals surface area contributed by atoms with E-state index in [4.69, 9.17) is 16.3 Å². The molecule has 46 heavy (non-hydrogen) atoms. The molecule has 3 N–H and O–H groups in total. The first kappa shape index (κ1) is 30.9. The number of halogens is 1. The molecule has 6 nitrogen and oxygen atoms in total. The van der Waals surface area contributed by atoms with E-state index >= 15 is 0 Å². The number of ether oxygens (including phenoxy) is 1. The number of nitrogens with one attached hydrogen (secondary N) is 2. The van der Waals surface area contributed by atoms with E-state index in [2.05, 4.69) is 53.4 Å². The van der Waals surface area contributed by atoms with Gasteiger partial charge in [0, 0.05) is 40.6 Å². The van der Waals surface area contributed by atoms with Crippen LogP contribution in [0.3, 0.4) is 0 Å². The lowest BCUT2D eigenvalue weighted by Gasteiger charge is -2.47. The summed E-state index contributed by atoms with van der Waals surface area (Å²) in [6.07, 6.45) is 14.1. The van der Waals surface area contributed by atoms with E-state index in [-0.39, 0.29) is 5.41 Å². The summed E-state index contributed by atoms with van der Waals surface area (Å²) < 4.78 is 6.57. The number of hydrogen-bond donors (Lipinski definition) is 3. The van der Waals surface area contributed by atoms with Gasteiger partial charge in [-0.05, 0) is 134 Å². The van der Waals surface area contributed by atoms with Gasteiger partial charge in [-0.1, -0.05) is 49.7 Å². The summed E-state index contributed by atoms with van der Waals surface area (Å²) >= 11 is 6.27. The highest BCUT2D eigenvalue weighted by Gasteiger charge is 2.54. The van der Waals surface area contributed by atoms with E-state index < -0.39 is 11.5 Å². The zero-order valence-electron chi connectivity index (χ0n) is 26.8. The van der Waals surface area contributed by atoms with Crippen LogP contribution in [0, 0.1) is 11.8 Å². The fourth-order valence-electron chi connectivity index (χ4n) is 8.78. The van der Waals surface area contributed by atoms with Gasteiger partial charge in [0.05, 0.1) is 6.61 Å². The fourth-order valence-corrected chi connectivity index (χ4v) is 8.97. The largest absolute Gasteiger partial charge is 0.493 e. The second-order valence-corrected chi connectivity index (χ2v) is 14.6. The van der Waals surface area contributed by atoms with Gasteiger partial charge in [0.15, 0.2) is 0 Å². The zero-order valence-corrected chi connectivity index (χ0v) is 27.6. The molecule has 1 spiro atoms. The van der Waals surface area contributed by atoms with Crippen LogP contribution in [0.5, 0.6) is 5.75 Å². The van der Waals surface area contributed by atoms with Crippen LogP contribution in [-0.2, 0) is 23.1 Å². The van der Waals surface area contributed by atoms with E-state index in [1.165, 1.54) is 46.4 Å². The topological polar surface area (TPSA) is 87.2 Å². The minimum absolute atomic E-state index is 0.0881. The fraction of sp³-hybridized carbons (Fsp3) is 0.436. The number of benzene rings is 2. The normalized spacial score (nSPS) is 25.9. The van der Waals surface area contributed by atoms with Crippen LogP contribution in [0.4, 0.5) is 5.69 Å². The molecule has 2 heterocycles. The lowest BCUT2D eigenvalue weighted by atomic mass is 9.59. The van der Waals surface area contributed by atoms with Crippen molar-refractivity contribution in [1.82, 2.24) is 9.97 Å². The first-order chi connectivity index (χ1) is 22.3. The number of carboxylic acids is 1. The van der Waals surface area contributed by atoms with Crippen LogP contribution < -0.4 is 10.1 Å². The maximum absolute atomic E-state index is 12.9. The van der Waals surface area contributed by atoms with Crippen molar-refractivity contribution in [3.05, 3.63) is 101 Å². The van der Waals surface area contributed by atoms with Crippen molar-refractivity contribution in [3.8, 4) is 16.9 Å². The number of fused-ring (bicyclic) bond motifs is 3. The quantitative estimate of drug-likeness (QED) is 0.170. The highest BCUT2D eigenvalue weighted by Crippen LogP contribution is 2.56. The number of anilines is 1. The van der Waals surface area contributed by atoms with Gasteiger partial charge in [0.2, 0.25) is 0 Å². The first-order valence-electron chi connectivity index (χ1n) is 16.9. The third kappa shape index (κ3) is 5.70. The number of aryl methyl sites for hydroxylation is 1. The Bertz CT molecular complexity index is 1710. The van der Waals surface area contributed by atoms with Crippen LogP contribution >= 0.6 is 11.6 Å². The lowest BCUT2D eigenvalue weighted by Crippen LogP contribution is -2.53. The molecule has 3 atom stereocenters. The molecule has 0 amide bonds. The molecular formula is C39H44ClN3O3. The van der Waals surface area contributed by atoms with Crippen molar-refractivity contribution in [2.75, 3.05) is 11.9 Å². The number of rotatable bonds is 9. The molecule has 3 aliphatic rings. The number of aliphatic carboxylic acids is 1. The molecule has 7 heteroatoms. The molecular weight excluding hydrogens is 594 g/mol. The average molecular weight is 638 g/mol. The summed E-state index contributed by atoms with van der Waals surface area (Å²) in [6, 6.07) is 18.5. The lowest BCUT2D eigenvalue weighted by molar-refractivity contribution is -0.144. The van der Waals surface area contributed by atoms with Gasteiger partial charge < -0.3 is 20.1 Å². The van der Waals surface area contributed by atoms with E-state index in [1.807, 2.05) is 48.9 Å². The zero-order chi connectivity index (χ0) is 31.9. The maximum atomic E-state index is 12.9. The molecule has 1 fully saturated rings. The molecule has 4 aromatic rings. The molecule has 0 bridgehead atoms. The third-order valence-corrected chi connectivity index (χ3v) is 11.5. The van der Waals surface area contributed by atoms with E-state index in [9.17, 15) is 9.90 Å². The summed E-state index contributed by atoms with van der Waals surface area (Å²) in [7, 11) is 0. The van der Waals surface area contributed by atoms with Gasteiger partial charge in [0.25, 0.3) is 0 Å². The Labute approximate surface area is 277 Å². The number of H-pyrrole nitrogens is 1. The van der Waals surface area contributed by atoms with Crippen LogP contribution in [0.25, 0.3) is 11.1 Å². The number of aromatic amines is 1. The molecule has 0 unspecified atom stereocenters. The second kappa shape index (κ2) is 12.4. The predicted molar refractivity (Wildman–Crippen MR) is 184 cm³/mol. The van der Waals surface area contributed by atoms with Crippen LogP contribution in [0.1, 0.15) is 87.1 Å². The van der Waals surface area contributed by atoms with E-state index in [0.717, 1.165) is 43.5 Å². The average Bonchev–Trinajstić information content (AvgIpc) is 3.68. The predicted octanol–water partition coefficient (Wildman–Crippen LogP) is 9.19. The molecule has 0 radical (unpaired) electrons. The Morgan fingerprint density at radius 3 is 2.74 bits per heavy atom. The summed E-state index contributed by atoms with van der Waals surface area (Å²) in [6.45, 7) is 5.26. The summed E-state index contributed by atoms with van der Waals surface area (Å²) in [5, 5.41) is 14.6. The van der Waals surface area contributed by atoms with Crippen LogP contribution in [0.2, 0.25) is 5.02 Å². The number of pyridine rings is 1. The Morgan fingerprint density at radius 2 is 1.98 bits per heavy atom. The standard InChI is InChI=1S/C39H44ClN3O3/c1-25(24-46-35-12-18-42-34-8-3-5-26(2)36(34)35)19-30-20-28-10-9-27(29-11-17-41-23-29)21-33(28)38(30)13-15-39(16-14-38,37(44)45)43-32-7-4-6-31(40)22-32/h4,6-7,9-12,17-18,21-23,25-26,30,41,43H,3,5,8,13-16,19-20,24H2,1-2H3,(H,44,45)/t25-,26-,30-,38?,39?/m1/s1. The molecule has 0 saturated heterocycles. The Balaban J connectivity index is 1.15. The molecule has 2 aromatic heterocycles. The van der Waals surface area contributed by atoms with Crippen molar-refractivity contribution < 1.29 is 14.6 Å². The number of carbonyl (C=O) groups is 1. The van der Waals surface area contributed by atoms with Gasteiger partial charge in [-0.15, -0.1) is 0 Å². The van der Waals surface area contributed by atoms with Crippen molar-refractivity contribution in [2.24, 2.45) is 11.8 Å². The SMILES string of the molecule is C[C@@H](COc1ccnc2c1[C@H](C)CCC2)C[C@@H]1Cc2ccc(-c3cc[nH]c3)cc2C12CCC(Nc1cccc(Cl)c1)(C(=O)O)CC2. The van der Waals surface area contributed by atoms with Crippen molar-refractivity contribution in [3.63, 3.8) is 0 Å². The first-order valence-corrected chi connectivity index (χ1v) is 17.3. The van der Waals surface area contributed by atoms with Gasteiger partial charge in [-0.3, -0.25) is 4.98 Å². The van der Waals surface area contributed by atoms with Gasteiger partial charge >= 0.3 is 5.97 Å². The number of nitrogens with zero attached hydrogens (tertiary/aromatic N) is 1. The molecule has 240 valence electrons. The minimum Gasteiger partial charge on any atom is -0.493 e. The highest BCUT2D eigenvalue weighted by atomic mass is 35.5. The molecule has 3 aliphatic carbocycles. The molecule has 7 rings (SSSR count). The Kier molecular flexibility index (Phi) is 8.35. The van der Waals surface area contributed by atoms with Gasteiger partial charge in [0.1, 0.15) is 11.3 Å². The smallest absolute Gasteiger partial charge is 0.329 e. The number of carboxylic acid groups (broad SMARTS) is 1. The Hall–Kier alpha value is -3.77. The highest BCUT2D eigenvalue weighted by molar-refractivity contribution is 6.30. The summed E-state index contributed by atoms with van der Waals surface area (Å²) in [5.74, 6) is 1.43. The minimum atomic E-state index is -1.03. The van der Waals surface area contributed by atoms with E-state index in [0.29, 0.717) is 42.2 Å². The third-order valence-electron chi connectivity index (χ3n) is 11.2. The summed E-state index contributed by atoms with van der Waals surface area (Å²) in [4.78, 5) is 20.8. The second-order valence-electron chi connectivity index (χ2n) is 14.2. The number of aromatic nitrogens is 2. The number of hydrogen-bond acceptors (Lipinski definition) is 4. The van der Waals surface area contributed by atoms with Gasteiger partial charge in [-0.2, -0.15) is 0 Å².